The summed E-state index contributed by atoms with van der Waals surface area (Å²) in [6, 6.07) is 152. The standard InChI is InChI=1S/C58H35N3S.C57H33N3S/c1-4-16-36(17-5-1)55-45-34-44-41-22-10-11-23-46(41)58(47-24-12-14-26-53(47)62-54-27-15-13-25-48(54)58)49(44)35-43(45)42-30-28-39(32-51(42)60-55)40-29-31-50-52(33-40)61-57(38-20-8-3-9-21-38)56(59-50)37-18-6-2-7-19-37;58-34-35-22-29-53-45(30-35)42-15-5-9-19-52(42)60(53)39-26-23-36(24-27-39)38-25-28-41-43-33-50-44(32-46(43)56(59-51(41)31-38)37-12-2-1-3-13-37)40-14-4-6-16-47(40)57(50)48-17-7-10-20-54(48)61-55-21-11-8-18-49(55)57/h1-35H;1-33H. The third-order valence-electron chi connectivity index (χ3n) is 26.0. The predicted octanol–water partition coefficient (Wildman–Crippen LogP) is 29.3. The first kappa shape index (κ1) is 70.6. The lowest BCUT2D eigenvalue weighted by molar-refractivity contribution is 0.723. The summed E-state index contributed by atoms with van der Waals surface area (Å²) in [5.41, 5.74) is 34.8. The Hall–Kier alpha value is -15.4. The van der Waals surface area contributed by atoms with Crippen molar-refractivity contribution in [3.8, 4) is 101 Å². The quantitative estimate of drug-likeness (QED) is 0.147. The summed E-state index contributed by atoms with van der Waals surface area (Å²) >= 11 is 3.76. The van der Waals surface area contributed by atoms with Crippen LogP contribution in [0.25, 0.3) is 171 Å². The van der Waals surface area contributed by atoms with Gasteiger partial charge < -0.3 is 4.57 Å². The Morgan fingerprint density at radius 3 is 1.06 bits per heavy atom. The third-order valence-corrected chi connectivity index (χ3v) is 28.3. The van der Waals surface area contributed by atoms with Crippen molar-refractivity contribution in [2.24, 2.45) is 0 Å². The molecule has 0 fully saturated rings. The molecule has 6 nitrogen and oxygen atoms in total. The monoisotopic (exact) mass is 1600 g/mol. The van der Waals surface area contributed by atoms with E-state index in [2.05, 4.69) is 399 Å². The van der Waals surface area contributed by atoms with Crippen LogP contribution in [0.1, 0.15) is 50.1 Å². The van der Waals surface area contributed by atoms with E-state index in [9.17, 15) is 5.26 Å². The predicted molar refractivity (Wildman–Crippen MR) is 506 cm³/mol. The molecule has 123 heavy (non-hydrogen) atoms. The highest BCUT2D eigenvalue weighted by atomic mass is 32.2. The summed E-state index contributed by atoms with van der Waals surface area (Å²) in [6.07, 6.45) is 0. The summed E-state index contributed by atoms with van der Waals surface area (Å²) < 4.78 is 2.29. The molecule has 6 heterocycles. The Kier molecular flexibility index (Phi) is 16.0. The molecule has 0 atom stereocenters. The molecular formula is C115H68N6S2. The molecule has 0 amide bonds. The van der Waals surface area contributed by atoms with Crippen LogP contribution in [0.3, 0.4) is 0 Å². The number of hydrogen-bond acceptors (Lipinski definition) is 7. The van der Waals surface area contributed by atoms with E-state index in [0.717, 1.165) is 138 Å². The molecular weight excluding hydrogens is 1530 g/mol. The van der Waals surface area contributed by atoms with Crippen molar-refractivity contribution in [3.05, 3.63) is 463 Å². The molecule has 2 aliphatic heterocycles. The fourth-order valence-electron chi connectivity index (χ4n) is 20.6. The Bertz CT molecular complexity index is 8170. The van der Waals surface area contributed by atoms with Crippen LogP contribution in [0.5, 0.6) is 0 Å². The van der Waals surface area contributed by atoms with Gasteiger partial charge in [-0.3, -0.25) is 0 Å². The first-order valence-corrected chi connectivity index (χ1v) is 43.4. The number of para-hydroxylation sites is 1. The molecule has 0 saturated heterocycles. The largest absolute Gasteiger partial charge is 0.309 e. The van der Waals surface area contributed by atoms with E-state index in [0.29, 0.717) is 5.56 Å². The number of hydrogen-bond donors (Lipinski definition) is 0. The lowest BCUT2D eigenvalue weighted by Gasteiger charge is -2.39. The highest BCUT2D eigenvalue weighted by molar-refractivity contribution is 7.99. The van der Waals surface area contributed by atoms with Gasteiger partial charge in [0.15, 0.2) is 0 Å². The van der Waals surface area contributed by atoms with E-state index in [1.165, 1.54) is 97.1 Å². The van der Waals surface area contributed by atoms with Crippen LogP contribution >= 0.6 is 23.5 Å². The van der Waals surface area contributed by atoms with Crippen LogP contribution in [0.2, 0.25) is 0 Å². The normalized spacial score (nSPS) is 13.3. The van der Waals surface area contributed by atoms with Gasteiger partial charge in [-0.2, -0.15) is 5.26 Å². The average Bonchev–Trinajstić information content (AvgIpc) is 1.52. The fraction of sp³-hybridized carbons (Fsp3) is 0.0174. The zero-order chi connectivity index (χ0) is 81.0. The Morgan fingerprint density at radius 2 is 0.585 bits per heavy atom. The zero-order valence-corrected chi connectivity index (χ0v) is 67.9. The van der Waals surface area contributed by atoms with Gasteiger partial charge in [0.25, 0.3) is 0 Å². The van der Waals surface area contributed by atoms with Crippen LogP contribution in [-0.2, 0) is 10.8 Å². The number of nitrogens with zero attached hydrogens (tertiary/aromatic N) is 6. The van der Waals surface area contributed by atoms with Crippen molar-refractivity contribution in [1.82, 2.24) is 24.5 Å². The van der Waals surface area contributed by atoms with Gasteiger partial charge >= 0.3 is 0 Å². The molecule has 0 radical (unpaired) electrons. The van der Waals surface area contributed by atoms with Gasteiger partial charge in [0, 0.05) is 79.8 Å². The van der Waals surface area contributed by atoms with E-state index in [-0.39, 0.29) is 0 Å². The minimum absolute atomic E-state index is 0.461. The van der Waals surface area contributed by atoms with Crippen LogP contribution < -0.4 is 0 Å². The van der Waals surface area contributed by atoms with Crippen molar-refractivity contribution >= 4 is 99.7 Å². The van der Waals surface area contributed by atoms with Gasteiger partial charge in [-0.25, -0.2) is 19.9 Å². The van der Waals surface area contributed by atoms with Crippen LogP contribution in [-0.4, -0.2) is 24.5 Å². The molecule has 2 spiro atoms. The minimum Gasteiger partial charge on any atom is -0.309 e. The minimum atomic E-state index is -0.466. The lowest BCUT2D eigenvalue weighted by atomic mass is 9.67. The van der Waals surface area contributed by atoms with E-state index < -0.39 is 10.8 Å². The topological polar surface area (TPSA) is 80.3 Å². The van der Waals surface area contributed by atoms with Gasteiger partial charge in [-0.1, -0.05) is 327 Å². The molecule has 0 saturated carbocycles. The van der Waals surface area contributed by atoms with Crippen molar-refractivity contribution in [3.63, 3.8) is 0 Å². The Labute approximate surface area is 718 Å². The van der Waals surface area contributed by atoms with Crippen LogP contribution in [0.15, 0.2) is 432 Å². The fourth-order valence-corrected chi connectivity index (χ4v) is 23.0. The number of nitriles is 1. The number of fused-ring (bicyclic) bond motifs is 28. The maximum absolute atomic E-state index is 9.65. The van der Waals surface area contributed by atoms with Gasteiger partial charge in [0.2, 0.25) is 0 Å². The molecule has 0 bridgehead atoms. The number of pyridine rings is 2. The first-order valence-electron chi connectivity index (χ1n) is 41.8. The van der Waals surface area contributed by atoms with E-state index in [4.69, 9.17) is 19.9 Å². The molecule has 4 aliphatic rings. The van der Waals surface area contributed by atoms with Gasteiger partial charge in [0.05, 0.1) is 78.3 Å². The highest BCUT2D eigenvalue weighted by Crippen LogP contribution is 2.65. The molecule has 18 aromatic carbocycles. The summed E-state index contributed by atoms with van der Waals surface area (Å²) in [4.78, 5) is 26.8. The SMILES string of the molecule is N#Cc1ccc2c(c1)c1ccccc1n2-c1ccc(-c2ccc3c(c2)nc(-c2ccccc2)c2cc4c(cc23)C2(c3ccccc3Sc3ccccc32)c2ccccc2-4)cc1.c1ccc(-c2nc3ccc(-c4ccc5c(c4)nc(-c4ccccc4)c4cc6c(cc45)C4(c5ccccc5Sc5ccccc54)c4ccccc4-6)cc3nc2-c2ccccc2)cc1. The average molecular weight is 1600 g/mol. The summed E-state index contributed by atoms with van der Waals surface area (Å²) in [5.74, 6) is 0. The van der Waals surface area contributed by atoms with E-state index in [1.807, 2.05) is 47.8 Å². The van der Waals surface area contributed by atoms with Gasteiger partial charge in [-0.05, 0) is 209 Å². The molecule has 570 valence electrons. The highest BCUT2D eigenvalue weighted by Gasteiger charge is 2.52. The second-order valence-corrected chi connectivity index (χ2v) is 34.6. The molecule has 22 aromatic rings. The summed E-state index contributed by atoms with van der Waals surface area (Å²) in [6.45, 7) is 0. The van der Waals surface area contributed by atoms with Crippen molar-refractivity contribution in [2.75, 3.05) is 0 Å². The van der Waals surface area contributed by atoms with Gasteiger partial charge in [0.1, 0.15) is 0 Å². The zero-order valence-electron chi connectivity index (χ0n) is 66.3. The van der Waals surface area contributed by atoms with E-state index >= 15 is 0 Å². The Morgan fingerprint density at radius 1 is 0.220 bits per heavy atom. The van der Waals surface area contributed by atoms with Crippen molar-refractivity contribution < 1.29 is 0 Å². The molecule has 2 aliphatic carbocycles. The second-order valence-electron chi connectivity index (χ2n) is 32.4. The lowest BCUT2D eigenvalue weighted by Crippen LogP contribution is -2.31. The maximum Gasteiger partial charge on any atom is 0.0991 e. The smallest absolute Gasteiger partial charge is 0.0991 e. The maximum atomic E-state index is 9.65. The second kappa shape index (κ2) is 27.9. The molecule has 4 aromatic heterocycles. The van der Waals surface area contributed by atoms with Gasteiger partial charge in [-0.15, -0.1) is 0 Å². The third kappa shape index (κ3) is 10.7. The summed E-state index contributed by atoms with van der Waals surface area (Å²) in [5, 5.41) is 18.8. The molecule has 0 N–H and O–H groups in total. The molecule has 0 unspecified atom stereocenters. The first-order chi connectivity index (χ1) is 60.9. The molecule has 8 heteroatoms. The number of aromatic nitrogens is 5. The van der Waals surface area contributed by atoms with E-state index in [1.54, 1.807) is 0 Å². The van der Waals surface area contributed by atoms with Crippen molar-refractivity contribution in [2.45, 2.75) is 30.4 Å². The number of benzene rings is 18. The van der Waals surface area contributed by atoms with Crippen LogP contribution in [0.4, 0.5) is 0 Å². The van der Waals surface area contributed by atoms with Crippen LogP contribution in [0, 0.1) is 11.3 Å². The summed E-state index contributed by atoms with van der Waals surface area (Å²) in [7, 11) is 0. The Balaban J connectivity index is 0.000000135. The number of rotatable bonds is 7. The molecule has 26 rings (SSSR count). The van der Waals surface area contributed by atoms with Crippen molar-refractivity contribution in [1.29, 1.82) is 5.26 Å².